The molecule has 3 N–H and O–H groups in total. The average Bonchev–Trinajstić information content (AvgIpc) is 3.53. The van der Waals surface area contributed by atoms with Crippen LogP contribution in [-0.2, 0) is 21.2 Å². The van der Waals surface area contributed by atoms with Gasteiger partial charge in [-0.1, -0.05) is 18.2 Å². The fraction of sp³-hybridized carbons (Fsp3) is 0.136. The van der Waals surface area contributed by atoms with Gasteiger partial charge in [-0.15, -0.1) is 16.4 Å². The van der Waals surface area contributed by atoms with Crippen molar-refractivity contribution in [3.63, 3.8) is 0 Å². The molecule has 0 atom stereocenters. The van der Waals surface area contributed by atoms with Gasteiger partial charge in [-0.3, -0.25) is 19.9 Å². The summed E-state index contributed by atoms with van der Waals surface area (Å²) in [6.45, 7) is 0. The lowest BCUT2D eigenvalue weighted by Crippen LogP contribution is -2.15. The zero-order chi connectivity index (χ0) is 24.1. The first-order valence-corrected chi connectivity index (χ1v) is 12.3. The maximum Gasteiger partial charge on any atom is 0.271 e. The van der Waals surface area contributed by atoms with Crippen molar-refractivity contribution < 1.29 is 22.7 Å². The lowest BCUT2D eigenvalue weighted by atomic mass is 10.1. The van der Waals surface area contributed by atoms with Crippen LogP contribution in [0.4, 0.5) is 11.6 Å². The van der Waals surface area contributed by atoms with Crippen LogP contribution in [-0.4, -0.2) is 43.7 Å². The first-order chi connectivity index (χ1) is 16.4. The monoisotopic (exact) mass is 499 g/mol. The van der Waals surface area contributed by atoms with Crippen LogP contribution in [0, 0.1) is 0 Å². The lowest BCUT2D eigenvalue weighted by molar-refractivity contribution is -0.115. The molecule has 0 aliphatic heterocycles. The Morgan fingerprint density at radius 3 is 2.56 bits per heavy atom. The van der Waals surface area contributed by atoms with Crippen LogP contribution in [0.3, 0.4) is 0 Å². The standard InChI is InChI=1S/C22H21N5O5S2/c1-31-16-9-10-17(18(13-16)32-2)21-24-22(26-25-21)23-19(28)12-14-5-7-15(8-6-14)27-34(29,30)20-4-3-11-33-20/h3-11,13,27H,12H2,1-2H3,(H2,23,24,25,26,28). The molecule has 10 nitrogen and oxygen atoms in total. The van der Waals surface area contributed by atoms with Crippen LogP contribution >= 0.6 is 11.3 Å². The first-order valence-electron chi connectivity index (χ1n) is 9.98. The Morgan fingerprint density at radius 2 is 1.88 bits per heavy atom. The second kappa shape index (κ2) is 9.93. The molecule has 1 amide bonds. The van der Waals surface area contributed by atoms with Crippen molar-refractivity contribution in [3.8, 4) is 22.9 Å². The topological polar surface area (TPSA) is 135 Å². The Hall–Kier alpha value is -3.90. The summed E-state index contributed by atoms with van der Waals surface area (Å²) in [7, 11) is -0.522. The molecule has 12 heteroatoms. The van der Waals surface area contributed by atoms with E-state index >= 15 is 0 Å². The molecule has 0 spiro atoms. The largest absolute Gasteiger partial charge is 0.497 e. The van der Waals surface area contributed by atoms with E-state index in [0.29, 0.717) is 34.1 Å². The van der Waals surface area contributed by atoms with Gasteiger partial charge >= 0.3 is 0 Å². The number of aromatic nitrogens is 3. The highest BCUT2D eigenvalue weighted by atomic mass is 32.2. The molecule has 0 saturated carbocycles. The second-order valence-corrected chi connectivity index (χ2v) is 9.89. The van der Waals surface area contributed by atoms with Gasteiger partial charge < -0.3 is 9.47 Å². The molecule has 0 aliphatic rings. The van der Waals surface area contributed by atoms with E-state index in [4.69, 9.17) is 9.47 Å². The van der Waals surface area contributed by atoms with Crippen LogP contribution < -0.4 is 19.5 Å². The second-order valence-electron chi connectivity index (χ2n) is 7.03. The average molecular weight is 500 g/mol. The molecule has 176 valence electrons. The summed E-state index contributed by atoms with van der Waals surface area (Å²) in [5.74, 6) is 1.41. The number of amides is 1. The molecular weight excluding hydrogens is 478 g/mol. The van der Waals surface area contributed by atoms with Crippen molar-refractivity contribution in [2.45, 2.75) is 10.6 Å². The van der Waals surface area contributed by atoms with Gasteiger partial charge in [0.25, 0.3) is 10.0 Å². The molecule has 0 fully saturated rings. The number of carbonyl (C=O) groups excluding carboxylic acids is 1. The number of ether oxygens (including phenoxy) is 2. The first kappa shape index (κ1) is 23.3. The van der Waals surface area contributed by atoms with Crippen molar-refractivity contribution in [3.05, 3.63) is 65.5 Å². The van der Waals surface area contributed by atoms with Gasteiger partial charge in [-0.2, -0.15) is 4.98 Å². The molecule has 2 heterocycles. The summed E-state index contributed by atoms with van der Waals surface area (Å²) in [6.07, 6.45) is 0.0632. The van der Waals surface area contributed by atoms with E-state index in [9.17, 15) is 13.2 Å². The van der Waals surface area contributed by atoms with Gasteiger partial charge in [0.05, 0.1) is 26.2 Å². The fourth-order valence-corrected chi connectivity index (χ4v) is 5.15. The van der Waals surface area contributed by atoms with Crippen LogP contribution in [0.15, 0.2) is 64.2 Å². The Labute approximate surface area is 200 Å². The number of methoxy groups -OCH3 is 2. The Bertz CT molecular complexity index is 1380. The molecular formula is C22H21N5O5S2. The van der Waals surface area contributed by atoms with E-state index in [1.165, 1.54) is 13.2 Å². The molecule has 0 unspecified atom stereocenters. The number of rotatable bonds is 9. The lowest BCUT2D eigenvalue weighted by Gasteiger charge is -2.08. The summed E-state index contributed by atoms with van der Waals surface area (Å²) in [5, 5.41) is 11.2. The summed E-state index contributed by atoms with van der Waals surface area (Å²) in [5.41, 5.74) is 1.77. The molecule has 4 aromatic rings. The molecule has 0 radical (unpaired) electrons. The summed E-state index contributed by atoms with van der Waals surface area (Å²) >= 11 is 1.14. The minimum absolute atomic E-state index is 0.0632. The minimum atomic E-state index is -3.62. The number of aromatic amines is 1. The zero-order valence-corrected chi connectivity index (χ0v) is 19.9. The normalized spacial score (nSPS) is 11.1. The van der Waals surface area contributed by atoms with Crippen molar-refractivity contribution >= 4 is 38.9 Å². The zero-order valence-electron chi connectivity index (χ0n) is 18.2. The highest BCUT2D eigenvalue weighted by molar-refractivity contribution is 7.94. The summed E-state index contributed by atoms with van der Waals surface area (Å²) < 4.78 is 37.9. The number of benzene rings is 2. The maximum atomic E-state index is 12.4. The SMILES string of the molecule is COc1ccc(-c2nc(NC(=O)Cc3ccc(NS(=O)(=O)c4cccs4)cc3)n[nH]2)c(OC)c1. The Balaban J connectivity index is 1.38. The number of H-pyrrole nitrogens is 1. The van der Waals surface area contributed by atoms with Gasteiger partial charge in [0, 0.05) is 11.8 Å². The highest BCUT2D eigenvalue weighted by Crippen LogP contribution is 2.31. The number of hydrogen-bond donors (Lipinski definition) is 3. The molecule has 4 rings (SSSR count). The Morgan fingerprint density at radius 1 is 1.09 bits per heavy atom. The van der Waals surface area contributed by atoms with E-state index in [2.05, 4.69) is 25.2 Å². The molecule has 0 saturated heterocycles. The molecule has 2 aromatic carbocycles. The van der Waals surface area contributed by atoms with Crippen LogP contribution in [0.25, 0.3) is 11.4 Å². The fourth-order valence-electron chi connectivity index (χ4n) is 3.10. The van der Waals surface area contributed by atoms with E-state index in [-0.39, 0.29) is 22.5 Å². The third-order valence-corrected chi connectivity index (χ3v) is 7.51. The van der Waals surface area contributed by atoms with Gasteiger partial charge in [0.1, 0.15) is 15.7 Å². The van der Waals surface area contributed by atoms with Gasteiger partial charge in [0.15, 0.2) is 5.82 Å². The number of nitrogens with zero attached hydrogens (tertiary/aromatic N) is 2. The van der Waals surface area contributed by atoms with Gasteiger partial charge in [0.2, 0.25) is 11.9 Å². The van der Waals surface area contributed by atoms with Gasteiger partial charge in [-0.05, 0) is 41.3 Å². The number of thiophene rings is 1. The third-order valence-electron chi connectivity index (χ3n) is 4.73. The highest BCUT2D eigenvalue weighted by Gasteiger charge is 2.16. The number of nitrogens with one attached hydrogen (secondary N) is 3. The molecule has 34 heavy (non-hydrogen) atoms. The maximum absolute atomic E-state index is 12.4. The van der Waals surface area contributed by atoms with Crippen molar-refractivity contribution in [1.29, 1.82) is 0 Å². The smallest absolute Gasteiger partial charge is 0.271 e. The number of hydrogen-bond acceptors (Lipinski definition) is 8. The summed E-state index contributed by atoms with van der Waals surface area (Å²) in [4.78, 5) is 16.8. The van der Waals surface area contributed by atoms with Crippen LogP contribution in [0.1, 0.15) is 5.56 Å². The van der Waals surface area contributed by atoms with E-state index < -0.39 is 10.0 Å². The number of sulfonamides is 1. The predicted molar refractivity (Wildman–Crippen MR) is 129 cm³/mol. The van der Waals surface area contributed by atoms with Crippen molar-refractivity contribution in [2.75, 3.05) is 24.3 Å². The predicted octanol–water partition coefficient (Wildman–Crippen LogP) is 3.53. The van der Waals surface area contributed by atoms with E-state index in [0.717, 1.165) is 11.3 Å². The summed E-state index contributed by atoms with van der Waals surface area (Å²) in [6, 6.07) is 15.0. The number of carbonyl (C=O) groups is 1. The van der Waals surface area contributed by atoms with E-state index in [1.807, 2.05) is 0 Å². The molecule has 2 aromatic heterocycles. The quantitative estimate of drug-likeness (QED) is 0.321. The Kier molecular flexibility index (Phi) is 6.80. The molecule has 0 aliphatic carbocycles. The van der Waals surface area contributed by atoms with Crippen LogP contribution in [0.5, 0.6) is 11.5 Å². The van der Waals surface area contributed by atoms with Crippen LogP contribution in [0.2, 0.25) is 0 Å². The number of anilines is 2. The van der Waals surface area contributed by atoms with Gasteiger partial charge in [-0.25, -0.2) is 8.42 Å². The molecule has 0 bridgehead atoms. The van der Waals surface area contributed by atoms with Crippen molar-refractivity contribution in [2.24, 2.45) is 0 Å². The van der Waals surface area contributed by atoms with Crippen molar-refractivity contribution in [1.82, 2.24) is 15.2 Å². The minimum Gasteiger partial charge on any atom is -0.497 e. The van der Waals surface area contributed by atoms with E-state index in [1.54, 1.807) is 61.0 Å². The third kappa shape index (κ3) is 5.35.